The smallest absolute Gasteiger partial charge is 0.264 e. The van der Waals surface area contributed by atoms with Crippen LogP contribution in [-0.4, -0.2) is 44.8 Å². The van der Waals surface area contributed by atoms with Crippen molar-refractivity contribution in [2.75, 3.05) is 17.9 Å². The van der Waals surface area contributed by atoms with Crippen molar-refractivity contribution in [3.63, 3.8) is 0 Å². The van der Waals surface area contributed by atoms with Crippen LogP contribution in [0.25, 0.3) is 0 Å². The number of benzene rings is 4. The highest BCUT2D eigenvalue weighted by Crippen LogP contribution is 2.30. The molecule has 0 radical (unpaired) electrons. The number of halogens is 1. The highest BCUT2D eigenvalue weighted by atomic mass is 35.5. The summed E-state index contributed by atoms with van der Waals surface area (Å²) in [7, 11) is -2.65. The van der Waals surface area contributed by atoms with Gasteiger partial charge in [0.1, 0.15) is 12.6 Å². The van der Waals surface area contributed by atoms with Crippen molar-refractivity contribution in [1.82, 2.24) is 10.2 Å². The molecule has 0 aliphatic rings. The molecule has 4 aromatic rings. The minimum absolute atomic E-state index is 0.0536. The predicted octanol–water partition coefficient (Wildman–Crippen LogP) is 5.85. The van der Waals surface area contributed by atoms with Crippen LogP contribution in [0.3, 0.4) is 0 Å². The quantitative estimate of drug-likeness (QED) is 0.229. The van der Waals surface area contributed by atoms with Gasteiger partial charge < -0.3 is 10.2 Å². The first-order valence-corrected chi connectivity index (χ1v) is 15.8. The average Bonchev–Trinajstić information content (AvgIpc) is 2.99. The molecule has 43 heavy (non-hydrogen) atoms. The van der Waals surface area contributed by atoms with Crippen molar-refractivity contribution in [1.29, 1.82) is 0 Å². The van der Waals surface area contributed by atoms with Gasteiger partial charge in [0, 0.05) is 25.0 Å². The molecule has 1 N–H and O–H groups in total. The van der Waals surface area contributed by atoms with Crippen LogP contribution in [0, 0.1) is 20.8 Å². The molecule has 0 bridgehead atoms. The summed E-state index contributed by atoms with van der Waals surface area (Å²) in [5.74, 6) is -0.862. The van der Waals surface area contributed by atoms with E-state index in [-0.39, 0.29) is 23.8 Å². The maximum absolute atomic E-state index is 14.4. The number of carbonyl (C=O) groups is 2. The topological polar surface area (TPSA) is 86.8 Å². The Bertz CT molecular complexity index is 1690. The Labute approximate surface area is 259 Å². The molecule has 7 nitrogen and oxygen atoms in total. The number of carbonyl (C=O) groups excluding carboxylic acids is 2. The summed E-state index contributed by atoms with van der Waals surface area (Å²) in [5.41, 5.74) is 4.50. The van der Waals surface area contributed by atoms with Gasteiger partial charge in [-0.3, -0.25) is 13.9 Å². The molecule has 2 amide bonds. The third-order valence-corrected chi connectivity index (χ3v) is 9.44. The average molecular weight is 618 g/mol. The van der Waals surface area contributed by atoms with E-state index in [1.165, 1.54) is 24.1 Å². The maximum Gasteiger partial charge on any atom is 0.264 e. The number of aryl methyl sites for hydroxylation is 3. The third-order valence-electron chi connectivity index (χ3n) is 7.43. The maximum atomic E-state index is 14.4. The second-order valence-electron chi connectivity index (χ2n) is 10.5. The van der Waals surface area contributed by atoms with Crippen molar-refractivity contribution in [3.8, 4) is 0 Å². The molecule has 0 saturated carbocycles. The van der Waals surface area contributed by atoms with Crippen LogP contribution in [-0.2, 0) is 32.6 Å². The van der Waals surface area contributed by atoms with Gasteiger partial charge in [-0.05, 0) is 73.4 Å². The monoisotopic (exact) mass is 617 g/mol. The Kier molecular flexibility index (Phi) is 10.3. The molecular weight excluding hydrogens is 582 g/mol. The van der Waals surface area contributed by atoms with Crippen LogP contribution in [0.15, 0.2) is 102 Å². The lowest BCUT2D eigenvalue weighted by molar-refractivity contribution is -0.139. The zero-order valence-electron chi connectivity index (χ0n) is 24.7. The fourth-order valence-corrected chi connectivity index (χ4v) is 6.65. The molecule has 0 saturated heterocycles. The number of rotatable bonds is 11. The summed E-state index contributed by atoms with van der Waals surface area (Å²) < 4.78 is 29.4. The number of anilines is 1. The number of amides is 2. The summed E-state index contributed by atoms with van der Waals surface area (Å²) in [4.78, 5) is 29.3. The minimum Gasteiger partial charge on any atom is -0.357 e. The van der Waals surface area contributed by atoms with Crippen LogP contribution in [0.4, 0.5) is 5.69 Å². The molecule has 0 unspecified atom stereocenters. The van der Waals surface area contributed by atoms with Crippen LogP contribution >= 0.6 is 11.6 Å². The summed E-state index contributed by atoms with van der Waals surface area (Å²) in [6.45, 7) is 5.16. The third kappa shape index (κ3) is 7.63. The van der Waals surface area contributed by atoms with Gasteiger partial charge in [-0.1, -0.05) is 83.9 Å². The SMILES string of the molecule is CNC(=O)[C@H](Cc1ccccc1)N(Cc1ccccc1C)C(=O)CN(c1ccc(Cl)cc1C)S(=O)(=O)c1ccc(C)cc1. The Morgan fingerprint density at radius 2 is 1.49 bits per heavy atom. The molecule has 1 atom stereocenters. The minimum atomic E-state index is -4.18. The summed E-state index contributed by atoms with van der Waals surface area (Å²) in [6, 6.07) is 27.5. The van der Waals surface area contributed by atoms with Gasteiger partial charge in [0.2, 0.25) is 11.8 Å². The lowest BCUT2D eigenvalue weighted by Gasteiger charge is -2.34. The number of hydrogen-bond donors (Lipinski definition) is 1. The van der Waals surface area contributed by atoms with Crippen molar-refractivity contribution in [3.05, 3.63) is 130 Å². The highest BCUT2D eigenvalue weighted by molar-refractivity contribution is 7.92. The van der Waals surface area contributed by atoms with E-state index in [4.69, 9.17) is 11.6 Å². The normalized spacial score (nSPS) is 11.9. The first kappa shape index (κ1) is 31.8. The van der Waals surface area contributed by atoms with Gasteiger partial charge in [-0.15, -0.1) is 0 Å². The van der Waals surface area contributed by atoms with Gasteiger partial charge in [-0.2, -0.15) is 0 Å². The Morgan fingerprint density at radius 3 is 2.12 bits per heavy atom. The van der Waals surface area contributed by atoms with Crippen LogP contribution < -0.4 is 9.62 Å². The standard InChI is InChI=1S/C34H36ClN3O4S/c1-24-14-17-30(18-15-24)43(41,42)38(31-19-16-29(35)20-26(31)3)23-33(39)37(22-28-13-9-8-10-25(28)2)32(34(40)36-4)21-27-11-6-5-7-12-27/h5-20,32H,21-23H2,1-4H3,(H,36,40)/t32-/m0/s1. The molecule has 224 valence electrons. The van der Waals surface area contributed by atoms with Crippen LogP contribution in [0.1, 0.15) is 27.8 Å². The predicted molar refractivity (Wildman–Crippen MR) is 172 cm³/mol. The molecule has 0 aromatic heterocycles. The number of sulfonamides is 1. The lowest BCUT2D eigenvalue weighted by Crippen LogP contribution is -2.53. The molecule has 0 aliphatic carbocycles. The zero-order chi connectivity index (χ0) is 31.1. The van der Waals surface area contributed by atoms with E-state index >= 15 is 0 Å². The van der Waals surface area contributed by atoms with Crippen LogP contribution in [0.2, 0.25) is 5.02 Å². The van der Waals surface area contributed by atoms with E-state index in [0.717, 1.165) is 26.6 Å². The summed E-state index contributed by atoms with van der Waals surface area (Å²) >= 11 is 6.21. The van der Waals surface area contributed by atoms with E-state index in [1.54, 1.807) is 37.3 Å². The zero-order valence-corrected chi connectivity index (χ0v) is 26.3. The fourth-order valence-electron chi connectivity index (χ4n) is 4.94. The van der Waals surface area contributed by atoms with Gasteiger partial charge in [0.05, 0.1) is 10.6 Å². The Morgan fingerprint density at radius 1 is 0.837 bits per heavy atom. The van der Waals surface area contributed by atoms with Gasteiger partial charge >= 0.3 is 0 Å². The van der Waals surface area contributed by atoms with Crippen molar-refractivity contribution in [2.24, 2.45) is 0 Å². The molecule has 4 aromatic carbocycles. The molecule has 0 aliphatic heterocycles. The fraction of sp³-hybridized carbons (Fsp3) is 0.235. The molecular formula is C34H36ClN3O4S. The van der Waals surface area contributed by atoms with E-state index in [9.17, 15) is 18.0 Å². The highest BCUT2D eigenvalue weighted by Gasteiger charge is 2.35. The van der Waals surface area contributed by atoms with Crippen molar-refractivity contribution >= 4 is 39.1 Å². The van der Waals surface area contributed by atoms with Crippen molar-refractivity contribution < 1.29 is 18.0 Å². The number of hydrogen-bond acceptors (Lipinski definition) is 4. The second kappa shape index (κ2) is 13.9. The molecule has 0 heterocycles. The molecule has 9 heteroatoms. The Hall–Kier alpha value is -4.14. The summed E-state index contributed by atoms with van der Waals surface area (Å²) in [6.07, 6.45) is 0.253. The van der Waals surface area contributed by atoms with E-state index in [1.807, 2.05) is 68.4 Å². The van der Waals surface area contributed by atoms with Crippen molar-refractivity contribution in [2.45, 2.75) is 44.7 Å². The number of likely N-dealkylation sites (N-methyl/N-ethyl adjacent to an activating group) is 1. The first-order chi connectivity index (χ1) is 20.5. The molecule has 0 fully saturated rings. The van der Waals surface area contributed by atoms with Crippen LogP contribution in [0.5, 0.6) is 0 Å². The van der Waals surface area contributed by atoms with E-state index in [0.29, 0.717) is 16.3 Å². The van der Waals surface area contributed by atoms with Gasteiger partial charge in [0.15, 0.2) is 0 Å². The largest absolute Gasteiger partial charge is 0.357 e. The Balaban J connectivity index is 1.82. The van der Waals surface area contributed by atoms with E-state index < -0.39 is 28.5 Å². The van der Waals surface area contributed by atoms with E-state index in [2.05, 4.69) is 5.32 Å². The molecule has 4 rings (SSSR count). The first-order valence-electron chi connectivity index (χ1n) is 14.0. The van der Waals surface area contributed by atoms with Gasteiger partial charge in [0.25, 0.3) is 10.0 Å². The molecule has 0 spiro atoms. The lowest BCUT2D eigenvalue weighted by atomic mass is 10.0. The number of nitrogens with zero attached hydrogens (tertiary/aromatic N) is 2. The number of nitrogens with one attached hydrogen (secondary N) is 1. The van der Waals surface area contributed by atoms with Gasteiger partial charge in [-0.25, -0.2) is 8.42 Å². The second-order valence-corrected chi connectivity index (χ2v) is 12.8. The summed E-state index contributed by atoms with van der Waals surface area (Å²) in [5, 5.41) is 3.15.